The van der Waals surface area contributed by atoms with Crippen molar-refractivity contribution in [2.24, 2.45) is 4.99 Å². The first-order valence-electron chi connectivity index (χ1n) is 10.5. The predicted octanol–water partition coefficient (Wildman–Crippen LogP) is 6.14. The monoisotopic (exact) mass is 582 g/mol. The maximum atomic E-state index is 12.4. The number of halogens is 2. The average molecular weight is 584 g/mol. The van der Waals surface area contributed by atoms with Gasteiger partial charge in [0.2, 0.25) is 11.8 Å². The molecule has 172 valence electrons. The first-order valence-corrected chi connectivity index (χ1v) is 12.0. The number of nitrogens with one attached hydrogen (secondary N) is 1. The summed E-state index contributed by atoms with van der Waals surface area (Å²) >= 11 is 7.11. The smallest absolute Gasteiger partial charge is 0.363 e. The molecule has 0 unspecified atom stereocenters. The molecule has 8 heteroatoms. The van der Waals surface area contributed by atoms with Crippen LogP contribution < -0.4 is 10.1 Å². The molecule has 0 aromatic heterocycles. The number of rotatable bonds is 7. The number of carbonyl (C=O) groups excluding carboxylic acids is 2. The molecular weight excluding hydrogens is 564 g/mol. The van der Waals surface area contributed by atoms with Crippen LogP contribution in [0.3, 0.4) is 0 Å². The summed E-state index contributed by atoms with van der Waals surface area (Å²) in [5.41, 5.74) is 3.44. The quantitative estimate of drug-likeness (QED) is 0.268. The minimum absolute atomic E-state index is 0.160. The fourth-order valence-electron chi connectivity index (χ4n) is 3.31. The lowest BCUT2D eigenvalue weighted by atomic mass is 10.1. The van der Waals surface area contributed by atoms with Crippen LogP contribution in [0.1, 0.15) is 23.6 Å². The second-order valence-electron chi connectivity index (χ2n) is 7.49. The highest BCUT2D eigenvalue weighted by Gasteiger charge is 2.24. The van der Waals surface area contributed by atoms with Crippen LogP contribution >= 0.6 is 31.9 Å². The summed E-state index contributed by atoms with van der Waals surface area (Å²) in [5.74, 6) is 0.212. The van der Waals surface area contributed by atoms with Gasteiger partial charge in [0, 0.05) is 24.6 Å². The third kappa shape index (κ3) is 6.01. The van der Waals surface area contributed by atoms with Gasteiger partial charge in [-0.15, -0.1) is 0 Å². The zero-order valence-electron chi connectivity index (χ0n) is 18.2. The van der Waals surface area contributed by atoms with Crippen LogP contribution in [-0.2, 0) is 20.7 Å². The van der Waals surface area contributed by atoms with E-state index in [0.29, 0.717) is 23.6 Å². The summed E-state index contributed by atoms with van der Waals surface area (Å²) in [6.45, 7) is 1.97. The van der Waals surface area contributed by atoms with E-state index in [2.05, 4.69) is 54.3 Å². The first kappa shape index (κ1) is 23.9. The van der Waals surface area contributed by atoms with Crippen LogP contribution in [0.25, 0.3) is 6.08 Å². The molecule has 0 atom stereocenters. The summed E-state index contributed by atoms with van der Waals surface area (Å²) in [5, 5.41) is 2.69. The van der Waals surface area contributed by atoms with Crippen LogP contribution in [0, 0.1) is 0 Å². The third-order valence-corrected chi connectivity index (χ3v) is 6.05. The Morgan fingerprint density at radius 1 is 1.06 bits per heavy atom. The van der Waals surface area contributed by atoms with Crippen molar-refractivity contribution in [1.29, 1.82) is 0 Å². The molecule has 1 amide bonds. The number of anilines is 1. The highest BCUT2D eigenvalue weighted by atomic mass is 79.9. The number of benzene rings is 3. The van der Waals surface area contributed by atoms with Gasteiger partial charge in [0.05, 0.1) is 15.6 Å². The molecule has 6 nitrogen and oxygen atoms in total. The highest BCUT2D eigenvalue weighted by molar-refractivity contribution is 9.11. The van der Waals surface area contributed by atoms with Crippen LogP contribution in [-0.4, -0.2) is 24.4 Å². The molecule has 0 saturated heterocycles. The third-order valence-electron chi connectivity index (χ3n) is 4.88. The van der Waals surface area contributed by atoms with Crippen molar-refractivity contribution < 1.29 is 19.1 Å². The number of ether oxygens (including phenoxy) is 2. The molecule has 1 aliphatic rings. The molecule has 0 spiro atoms. The van der Waals surface area contributed by atoms with E-state index in [4.69, 9.17) is 9.47 Å². The predicted molar refractivity (Wildman–Crippen MR) is 139 cm³/mol. The SMILES string of the molecule is CC(=O)Nc1ccc(C2=N/C(=C\c3cc(Br)c(OCCc4ccccc4)c(Br)c3)C(=O)O2)cc1. The lowest BCUT2D eigenvalue weighted by Gasteiger charge is -2.11. The van der Waals surface area contributed by atoms with Crippen molar-refractivity contribution in [1.82, 2.24) is 0 Å². The molecule has 1 N–H and O–H groups in total. The van der Waals surface area contributed by atoms with Gasteiger partial charge in [0.1, 0.15) is 5.75 Å². The Morgan fingerprint density at radius 2 is 1.74 bits per heavy atom. The van der Waals surface area contributed by atoms with Crippen LogP contribution in [0.5, 0.6) is 5.75 Å². The van der Waals surface area contributed by atoms with E-state index < -0.39 is 5.97 Å². The Balaban J connectivity index is 1.47. The largest absolute Gasteiger partial charge is 0.491 e. The van der Waals surface area contributed by atoms with Crippen molar-refractivity contribution in [3.8, 4) is 5.75 Å². The number of aliphatic imine (C=N–C) groups is 1. The standard InChI is InChI=1S/C26H20Br2N2O4/c1-16(31)29-20-9-7-19(8-10-20)25-30-23(26(32)34-25)15-18-13-21(27)24(22(28)14-18)33-12-11-17-5-3-2-4-6-17/h2-10,13-15H,11-12H2,1H3,(H,29,31)/b23-15-. The van der Waals surface area contributed by atoms with E-state index >= 15 is 0 Å². The Labute approximate surface area is 214 Å². The molecule has 0 bridgehead atoms. The zero-order valence-corrected chi connectivity index (χ0v) is 21.4. The van der Waals surface area contributed by atoms with E-state index in [-0.39, 0.29) is 17.5 Å². The summed E-state index contributed by atoms with van der Waals surface area (Å²) in [4.78, 5) is 27.9. The number of hydrogen-bond acceptors (Lipinski definition) is 5. The molecule has 3 aromatic rings. The molecule has 0 fully saturated rings. The number of hydrogen-bond donors (Lipinski definition) is 1. The van der Waals surface area contributed by atoms with Crippen molar-refractivity contribution in [3.05, 3.63) is 98.1 Å². The summed E-state index contributed by atoms with van der Waals surface area (Å²) in [7, 11) is 0. The molecule has 0 aliphatic carbocycles. The van der Waals surface area contributed by atoms with Gasteiger partial charge in [0.15, 0.2) is 5.70 Å². The summed E-state index contributed by atoms with van der Waals surface area (Å²) in [6, 6.07) is 20.8. The van der Waals surface area contributed by atoms with Gasteiger partial charge in [0.25, 0.3) is 0 Å². The number of carbonyl (C=O) groups is 2. The molecular formula is C26H20Br2N2O4. The lowest BCUT2D eigenvalue weighted by molar-refractivity contribution is -0.129. The normalized spacial score (nSPS) is 14.0. The van der Waals surface area contributed by atoms with Crippen molar-refractivity contribution in [3.63, 3.8) is 0 Å². The molecule has 0 saturated carbocycles. The van der Waals surface area contributed by atoms with Gasteiger partial charge < -0.3 is 14.8 Å². The van der Waals surface area contributed by atoms with E-state index in [0.717, 1.165) is 20.9 Å². The highest BCUT2D eigenvalue weighted by Crippen LogP contribution is 2.36. The lowest BCUT2D eigenvalue weighted by Crippen LogP contribution is -2.07. The summed E-state index contributed by atoms with van der Waals surface area (Å²) in [6.07, 6.45) is 2.45. The fourth-order valence-corrected chi connectivity index (χ4v) is 4.76. The van der Waals surface area contributed by atoms with Crippen LogP contribution in [0.15, 0.2) is 86.4 Å². The molecule has 3 aromatic carbocycles. The minimum atomic E-state index is -0.531. The van der Waals surface area contributed by atoms with Gasteiger partial charge in [-0.05, 0) is 85.5 Å². The number of nitrogens with zero attached hydrogens (tertiary/aromatic N) is 1. The van der Waals surface area contributed by atoms with Crippen molar-refractivity contribution in [2.45, 2.75) is 13.3 Å². The Morgan fingerprint density at radius 3 is 2.38 bits per heavy atom. The van der Waals surface area contributed by atoms with Gasteiger partial charge >= 0.3 is 5.97 Å². The Bertz CT molecular complexity index is 1260. The van der Waals surface area contributed by atoms with Gasteiger partial charge in [-0.3, -0.25) is 4.79 Å². The van der Waals surface area contributed by atoms with E-state index in [9.17, 15) is 9.59 Å². The average Bonchev–Trinajstić information content (AvgIpc) is 3.16. The Kier molecular flexibility index (Phi) is 7.59. The van der Waals surface area contributed by atoms with Gasteiger partial charge in [-0.25, -0.2) is 9.79 Å². The first-order chi connectivity index (χ1) is 16.4. The van der Waals surface area contributed by atoms with Crippen molar-refractivity contribution >= 4 is 61.4 Å². The van der Waals surface area contributed by atoms with Gasteiger partial charge in [-0.1, -0.05) is 30.3 Å². The minimum Gasteiger partial charge on any atom is -0.491 e. The zero-order chi connectivity index (χ0) is 24.1. The molecule has 0 radical (unpaired) electrons. The number of cyclic esters (lactones) is 1. The van der Waals surface area contributed by atoms with Crippen LogP contribution in [0.4, 0.5) is 5.69 Å². The van der Waals surface area contributed by atoms with Crippen LogP contribution in [0.2, 0.25) is 0 Å². The maximum absolute atomic E-state index is 12.4. The van der Waals surface area contributed by atoms with Crippen molar-refractivity contribution in [2.75, 3.05) is 11.9 Å². The number of amides is 1. The maximum Gasteiger partial charge on any atom is 0.363 e. The molecule has 1 heterocycles. The second-order valence-corrected chi connectivity index (χ2v) is 9.20. The Hall–Kier alpha value is -3.23. The van der Waals surface area contributed by atoms with E-state index in [1.807, 2.05) is 30.3 Å². The molecule has 1 aliphatic heterocycles. The van der Waals surface area contributed by atoms with E-state index in [1.54, 1.807) is 30.3 Å². The second kappa shape index (κ2) is 10.8. The van der Waals surface area contributed by atoms with Gasteiger partial charge in [-0.2, -0.15) is 0 Å². The van der Waals surface area contributed by atoms with E-state index in [1.165, 1.54) is 12.5 Å². The fraction of sp³-hybridized carbons (Fsp3) is 0.115. The molecule has 34 heavy (non-hydrogen) atoms. The summed E-state index contributed by atoms with van der Waals surface area (Å²) < 4.78 is 12.8. The number of esters is 1. The molecule has 4 rings (SSSR count). The topological polar surface area (TPSA) is 77.0 Å².